The fraction of sp³-hybridized carbons (Fsp3) is 0.211. The van der Waals surface area contributed by atoms with E-state index in [1.807, 2.05) is 13.0 Å². The Morgan fingerprint density at radius 1 is 1.25 bits per heavy atom. The van der Waals surface area contributed by atoms with Crippen molar-refractivity contribution in [3.05, 3.63) is 64.1 Å². The van der Waals surface area contributed by atoms with Crippen LogP contribution in [-0.2, 0) is 17.6 Å². The monoisotopic (exact) mass is 323 g/mol. The Labute approximate surface area is 138 Å². The Bertz CT molecular complexity index is 945. The van der Waals surface area contributed by atoms with E-state index >= 15 is 0 Å². The summed E-state index contributed by atoms with van der Waals surface area (Å²) < 4.78 is 5.60. The van der Waals surface area contributed by atoms with Crippen molar-refractivity contribution < 1.29 is 14.3 Å². The summed E-state index contributed by atoms with van der Waals surface area (Å²) in [5.74, 6) is -0.904. The molecule has 0 bridgehead atoms. The summed E-state index contributed by atoms with van der Waals surface area (Å²) in [6.45, 7) is 2.02. The number of aromatic nitrogens is 1. The van der Waals surface area contributed by atoms with Crippen LogP contribution in [0.25, 0.3) is 22.2 Å². The molecule has 3 rings (SSSR count). The van der Waals surface area contributed by atoms with E-state index < -0.39 is 5.97 Å². The lowest BCUT2D eigenvalue weighted by Gasteiger charge is -2.09. The van der Waals surface area contributed by atoms with E-state index in [1.165, 1.54) is 6.26 Å². The number of aliphatic carboxylic acids is 1. The zero-order valence-electron chi connectivity index (χ0n) is 13.3. The highest BCUT2D eigenvalue weighted by Gasteiger charge is 2.14. The fourth-order valence-electron chi connectivity index (χ4n) is 2.79. The number of hydrogen-bond acceptors (Lipinski definition) is 4. The highest BCUT2D eigenvalue weighted by Crippen LogP contribution is 2.23. The Morgan fingerprint density at radius 2 is 2.08 bits per heavy atom. The maximum Gasteiger partial charge on any atom is 0.307 e. The average molecular weight is 323 g/mol. The molecule has 0 aliphatic rings. The molecule has 0 amide bonds. The van der Waals surface area contributed by atoms with Crippen LogP contribution in [0.1, 0.15) is 24.5 Å². The van der Waals surface area contributed by atoms with Crippen molar-refractivity contribution in [2.45, 2.75) is 26.2 Å². The molecular formula is C19H17NO4. The first-order chi connectivity index (χ1) is 11.6. The maximum absolute atomic E-state index is 12.8. The smallest absolute Gasteiger partial charge is 0.307 e. The van der Waals surface area contributed by atoms with E-state index in [4.69, 9.17) is 9.52 Å². The lowest BCUT2D eigenvalue weighted by Crippen LogP contribution is -2.09. The van der Waals surface area contributed by atoms with Gasteiger partial charge in [-0.15, -0.1) is 0 Å². The molecule has 0 saturated carbocycles. The third kappa shape index (κ3) is 3.06. The molecule has 24 heavy (non-hydrogen) atoms. The van der Waals surface area contributed by atoms with Gasteiger partial charge in [-0.3, -0.25) is 14.6 Å². The third-order valence-corrected chi connectivity index (χ3v) is 3.90. The van der Waals surface area contributed by atoms with Crippen molar-refractivity contribution in [2.75, 3.05) is 0 Å². The van der Waals surface area contributed by atoms with Crippen LogP contribution in [0, 0.1) is 0 Å². The Kier molecular flexibility index (Phi) is 4.42. The van der Waals surface area contributed by atoms with Crippen LogP contribution in [0.15, 0.2) is 52.0 Å². The molecule has 0 spiro atoms. The number of rotatable bonds is 5. The second-order valence-electron chi connectivity index (χ2n) is 5.63. The van der Waals surface area contributed by atoms with E-state index in [2.05, 4.69) is 4.98 Å². The van der Waals surface area contributed by atoms with Gasteiger partial charge in [0.25, 0.3) is 0 Å². The largest absolute Gasteiger partial charge is 0.481 e. The van der Waals surface area contributed by atoms with Crippen molar-refractivity contribution in [1.29, 1.82) is 0 Å². The summed E-state index contributed by atoms with van der Waals surface area (Å²) in [5.41, 5.74) is 2.75. The molecule has 5 nitrogen and oxygen atoms in total. The Balaban J connectivity index is 2.21. The topological polar surface area (TPSA) is 80.4 Å². The number of carboxylic acids is 1. The van der Waals surface area contributed by atoms with Crippen molar-refractivity contribution in [2.24, 2.45) is 0 Å². The minimum atomic E-state index is -0.904. The molecular weight excluding hydrogens is 306 g/mol. The standard InChI is InChI=1S/C19H17NO4/c1-2-5-12-8-14-17(9-13(12)10-18(21)22)24-11-15(19(14)23)16-6-3-4-7-20-16/h3-4,6-9,11H,2,5,10H2,1H3,(H,21,22). The van der Waals surface area contributed by atoms with Crippen LogP contribution in [0.2, 0.25) is 0 Å². The summed E-state index contributed by atoms with van der Waals surface area (Å²) in [7, 11) is 0. The SMILES string of the molecule is CCCc1cc2c(=O)c(-c3ccccn3)coc2cc1CC(=O)O. The molecule has 0 saturated heterocycles. The zero-order chi connectivity index (χ0) is 17.1. The summed E-state index contributed by atoms with van der Waals surface area (Å²) in [6, 6.07) is 8.77. The van der Waals surface area contributed by atoms with Gasteiger partial charge in [0.15, 0.2) is 0 Å². The number of nitrogens with zero attached hydrogens (tertiary/aromatic N) is 1. The van der Waals surface area contributed by atoms with Crippen LogP contribution in [0.4, 0.5) is 0 Å². The molecule has 0 atom stereocenters. The molecule has 1 N–H and O–H groups in total. The van der Waals surface area contributed by atoms with Gasteiger partial charge in [0.1, 0.15) is 11.8 Å². The van der Waals surface area contributed by atoms with E-state index in [9.17, 15) is 9.59 Å². The molecule has 5 heteroatoms. The number of carboxylic acid groups (broad SMARTS) is 1. The summed E-state index contributed by atoms with van der Waals surface area (Å²) in [4.78, 5) is 28.1. The van der Waals surface area contributed by atoms with Gasteiger partial charge in [-0.1, -0.05) is 19.4 Å². The van der Waals surface area contributed by atoms with E-state index in [0.29, 0.717) is 34.2 Å². The predicted octanol–water partition coefficient (Wildman–Crippen LogP) is 3.43. The second-order valence-corrected chi connectivity index (χ2v) is 5.63. The molecule has 0 aliphatic carbocycles. The first-order valence-electron chi connectivity index (χ1n) is 7.80. The summed E-state index contributed by atoms with van der Waals surface area (Å²) in [6.07, 6.45) is 4.50. The fourth-order valence-corrected chi connectivity index (χ4v) is 2.79. The minimum Gasteiger partial charge on any atom is -0.481 e. The number of pyridine rings is 1. The van der Waals surface area contributed by atoms with Crippen molar-refractivity contribution in [1.82, 2.24) is 4.98 Å². The van der Waals surface area contributed by atoms with Crippen LogP contribution in [0.5, 0.6) is 0 Å². The van der Waals surface area contributed by atoms with Gasteiger partial charge in [-0.05, 0) is 41.8 Å². The Hall–Kier alpha value is -2.95. The highest BCUT2D eigenvalue weighted by atomic mass is 16.4. The molecule has 2 heterocycles. The van der Waals surface area contributed by atoms with Crippen LogP contribution in [0.3, 0.4) is 0 Å². The molecule has 0 unspecified atom stereocenters. The number of benzene rings is 1. The van der Waals surface area contributed by atoms with Gasteiger partial charge in [0.05, 0.1) is 23.1 Å². The lowest BCUT2D eigenvalue weighted by atomic mass is 9.97. The number of aryl methyl sites for hydroxylation is 1. The number of carbonyl (C=O) groups is 1. The predicted molar refractivity (Wildman–Crippen MR) is 91.0 cm³/mol. The molecule has 0 radical (unpaired) electrons. The van der Waals surface area contributed by atoms with Gasteiger partial charge >= 0.3 is 5.97 Å². The first kappa shape index (κ1) is 15.9. The highest BCUT2D eigenvalue weighted by molar-refractivity contribution is 5.83. The maximum atomic E-state index is 12.8. The minimum absolute atomic E-state index is 0.0863. The number of fused-ring (bicyclic) bond motifs is 1. The average Bonchev–Trinajstić information content (AvgIpc) is 2.57. The first-order valence-corrected chi connectivity index (χ1v) is 7.80. The normalized spacial score (nSPS) is 10.9. The van der Waals surface area contributed by atoms with Crippen molar-refractivity contribution in [3.63, 3.8) is 0 Å². The lowest BCUT2D eigenvalue weighted by molar-refractivity contribution is -0.136. The molecule has 2 aromatic heterocycles. The molecule has 122 valence electrons. The second kappa shape index (κ2) is 6.66. The summed E-state index contributed by atoms with van der Waals surface area (Å²) >= 11 is 0. The zero-order valence-corrected chi connectivity index (χ0v) is 13.3. The third-order valence-electron chi connectivity index (χ3n) is 3.90. The van der Waals surface area contributed by atoms with Crippen molar-refractivity contribution in [3.8, 4) is 11.3 Å². The van der Waals surface area contributed by atoms with Crippen molar-refractivity contribution >= 4 is 16.9 Å². The van der Waals surface area contributed by atoms with Gasteiger partial charge < -0.3 is 9.52 Å². The molecule has 0 fully saturated rings. The molecule has 1 aromatic carbocycles. The van der Waals surface area contributed by atoms with Gasteiger partial charge in [-0.2, -0.15) is 0 Å². The van der Waals surface area contributed by atoms with E-state index in [0.717, 1.165) is 12.0 Å². The molecule has 0 aliphatic heterocycles. The van der Waals surface area contributed by atoms with E-state index in [-0.39, 0.29) is 11.8 Å². The summed E-state index contributed by atoms with van der Waals surface area (Å²) in [5, 5.41) is 9.53. The van der Waals surface area contributed by atoms with Crippen LogP contribution >= 0.6 is 0 Å². The number of hydrogen-bond donors (Lipinski definition) is 1. The van der Waals surface area contributed by atoms with Gasteiger partial charge in [0, 0.05) is 6.20 Å². The quantitative estimate of drug-likeness (QED) is 0.778. The Morgan fingerprint density at radius 3 is 2.75 bits per heavy atom. The van der Waals surface area contributed by atoms with Gasteiger partial charge in [-0.25, -0.2) is 0 Å². The van der Waals surface area contributed by atoms with Crippen LogP contribution < -0.4 is 5.43 Å². The molecule has 3 aromatic rings. The van der Waals surface area contributed by atoms with Crippen LogP contribution in [-0.4, -0.2) is 16.1 Å². The van der Waals surface area contributed by atoms with Gasteiger partial charge in [0.2, 0.25) is 5.43 Å². The van der Waals surface area contributed by atoms with E-state index in [1.54, 1.807) is 30.5 Å².